The van der Waals surface area contributed by atoms with Gasteiger partial charge < -0.3 is 14.2 Å². The third-order valence-corrected chi connectivity index (χ3v) is 3.67. The number of esters is 1. The summed E-state index contributed by atoms with van der Waals surface area (Å²) in [6.07, 6.45) is 1.12. The van der Waals surface area contributed by atoms with Crippen molar-refractivity contribution in [1.29, 1.82) is 0 Å². The molecule has 1 aliphatic rings. The number of carbonyl (C=O) groups excluding carboxylic acids is 2. The van der Waals surface area contributed by atoms with Crippen molar-refractivity contribution in [3.63, 3.8) is 0 Å². The predicted octanol–water partition coefficient (Wildman–Crippen LogP) is 2.58. The van der Waals surface area contributed by atoms with Crippen LogP contribution in [0.3, 0.4) is 0 Å². The van der Waals surface area contributed by atoms with Crippen molar-refractivity contribution in [1.82, 2.24) is 4.98 Å². The van der Waals surface area contributed by atoms with Gasteiger partial charge in [-0.1, -0.05) is 0 Å². The third kappa shape index (κ3) is 2.88. The Kier molecular flexibility index (Phi) is 3.97. The topological polar surface area (TPSA) is 74.7 Å². The number of benzene rings is 1. The zero-order valence-corrected chi connectivity index (χ0v) is 12.7. The van der Waals surface area contributed by atoms with Gasteiger partial charge >= 0.3 is 5.97 Å². The number of carbonyl (C=O) groups is 2. The van der Waals surface area contributed by atoms with Crippen molar-refractivity contribution < 1.29 is 23.8 Å². The summed E-state index contributed by atoms with van der Waals surface area (Å²) >= 11 is 0. The Labute approximate surface area is 133 Å². The highest BCUT2D eigenvalue weighted by molar-refractivity contribution is 6.00. The minimum absolute atomic E-state index is 0.0160. The molecule has 2 heterocycles. The van der Waals surface area contributed by atoms with E-state index >= 15 is 0 Å². The van der Waals surface area contributed by atoms with Gasteiger partial charge in [-0.05, 0) is 24.3 Å². The van der Waals surface area contributed by atoms with Crippen LogP contribution < -0.4 is 9.47 Å². The van der Waals surface area contributed by atoms with E-state index in [1.165, 1.54) is 13.3 Å². The maximum Gasteiger partial charge on any atom is 0.339 e. The Bertz CT molecular complexity index is 754. The van der Waals surface area contributed by atoms with Crippen LogP contribution in [-0.2, 0) is 4.74 Å². The molecule has 0 amide bonds. The lowest BCUT2D eigenvalue weighted by atomic mass is 9.98. The van der Waals surface area contributed by atoms with Crippen LogP contribution in [0.2, 0.25) is 0 Å². The summed E-state index contributed by atoms with van der Waals surface area (Å²) in [4.78, 5) is 27.9. The Morgan fingerprint density at radius 1 is 1.26 bits per heavy atom. The number of hydrogen-bond acceptors (Lipinski definition) is 6. The van der Waals surface area contributed by atoms with E-state index in [4.69, 9.17) is 9.47 Å². The molecule has 23 heavy (non-hydrogen) atoms. The van der Waals surface area contributed by atoms with E-state index in [0.29, 0.717) is 28.3 Å². The lowest BCUT2D eigenvalue weighted by Crippen LogP contribution is -2.21. The predicted molar refractivity (Wildman–Crippen MR) is 80.9 cm³/mol. The third-order valence-electron chi connectivity index (χ3n) is 3.67. The van der Waals surface area contributed by atoms with Crippen LogP contribution >= 0.6 is 0 Å². The van der Waals surface area contributed by atoms with E-state index < -0.39 is 12.1 Å². The first-order valence-corrected chi connectivity index (χ1v) is 7.04. The standard InChI is InChI=1S/C17H15NO5/c1-21-11-4-5-12-14(19)8-16(23-15(12)7-11)13-6-3-10(9-18-13)17(20)22-2/h3-7,9,16H,8H2,1-2H3. The Hall–Kier alpha value is -2.89. The maximum atomic E-state index is 12.3. The van der Waals surface area contributed by atoms with Gasteiger partial charge in [0, 0.05) is 12.3 Å². The first-order chi connectivity index (χ1) is 11.1. The van der Waals surface area contributed by atoms with Crippen molar-refractivity contribution in [2.45, 2.75) is 12.5 Å². The molecule has 0 N–H and O–H groups in total. The Morgan fingerprint density at radius 3 is 2.74 bits per heavy atom. The summed E-state index contributed by atoms with van der Waals surface area (Å²) in [5.74, 6) is 0.619. The van der Waals surface area contributed by atoms with Crippen molar-refractivity contribution in [2.75, 3.05) is 14.2 Å². The van der Waals surface area contributed by atoms with Crippen molar-refractivity contribution in [2.24, 2.45) is 0 Å². The molecule has 1 aromatic heterocycles. The van der Waals surface area contributed by atoms with Crippen LogP contribution in [0.15, 0.2) is 36.5 Å². The highest BCUT2D eigenvalue weighted by Crippen LogP contribution is 2.36. The number of methoxy groups -OCH3 is 2. The average molecular weight is 313 g/mol. The van der Waals surface area contributed by atoms with E-state index in [0.717, 1.165) is 0 Å². The minimum Gasteiger partial charge on any atom is -0.497 e. The van der Waals surface area contributed by atoms with E-state index in [2.05, 4.69) is 9.72 Å². The monoisotopic (exact) mass is 313 g/mol. The number of pyridine rings is 1. The molecule has 1 atom stereocenters. The van der Waals surface area contributed by atoms with Gasteiger partial charge in [-0.3, -0.25) is 9.78 Å². The fourth-order valence-corrected chi connectivity index (χ4v) is 2.43. The van der Waals surface area contributed by atoms with Gasteiger partial charge in [0.1, 0.15) is 17.6 Å². The van der Waals surface area contributed by atoms with Crippen LogP contribution in [-0.4, -0.2) is 31.0 Å². The lowest BCUT2D eigenvalue weighted by Gasteiger charge is -2.25. The molecule has 0 saturated carbocycles. The van der Waals surface area contributed by atoms with E-state index in [9.17, 15) is 9.59 Å². The fourth-order valence-electron chi connectivity index (χ4n) is 2.43. The van der Waals surface area contributed by atoms with Gasteiger partial charge in [-0.25, -0.2) is 4.79 Å². The molecule has 0 bridgehead atoms. The number of Topliss-reactive ketones (excluding diaryl/α,β-unsaturated/α-hetero) is 1. The van der Waals surface area contributed by atoms with Gasteiger partial charge in [0.2, 0.25) is 0 Å². The first-order valence-electron chi connectivity index (χ1n) is 7.04. The van der Waals surface area contributed by atoms with Crippen LogP contribution in [0, 0.1) is 0 Å². The highest BCUT2D eigenvalue weighted by Gasteiger charge is 2.29. The SMILES string of the molecule is COC(=O)c1ccc(C2CC(=O)c3ccc(OC)cc3O2)nc1. The molecule has 0 fully saturated rings. The molecule has 0 radical (unpaired) electrons. The summed E-state index contributed by atoms with van der Waals surface area (Å²) in [6.45, 7) is 0. The summed E-state index contributed by atoms with van der Waals surface area (Å²) in [6, 6.07) is 8.37. The Morgan fingerprint density at radius 2 is 2.09 bits per heavy atom. The average Bonchev–Trinajstić information content (AvgIpc) is 2.60. The van der Waals surface area contributed by atoms with Gasteiger partial charge in [0.05, 0.1) is 37.5 Å². The molecule has 2 aromatic rings. The number of nitrogens with zero attached hydrogens (tertiary/aromatic N) is 1. The van der Waals surface area contributed by atoms with Crippen LogP contribution in [0.5, 0.6) is 11.5 Å². The molecule has 6 heteroatoms. The quantitative estimate of drug-likeness (QED) is 0.811. The number of fused-ring (bicyclic) bond motifs is 1. The number of aromatic nitrogens is 1. The fraction of sp³-hybridized carbons (Fsp3) is 0.235. The molecular formula is C17H15NO5. The maximum absolute atomic E-state index is 12.3. The van der Waals surface area contributed by atoms with E-state index in [1.807, 2.05) is 0 Å². The molecule has 6 nitrogen and oxygen atoms in total. The second-order valence-corrected chi connectivity index (χ2v) is 5.06. The van der Waals surface area contributed by atoms with Crippen molar-refractivity contribution in [3.8, 4) is 11.5 Å². The van der Waals surface area contributed by atoms with E-state index in [1.54, 1.807) is 37.4 Å². The van der Waals surface area contributed by atoms with Gasteiger partial charge in [-0.2, -0.15) is 0 Å². The second-order valence-electron chi connectivity index (χ2n) is 5.06. The summed E-state index contributed by atoms with van der Waals surface area (Å²) in [5, 5.41) is 0. The van der Waals surface area contributed by atoms with Gasteiger partial charge in [0.25, 0.3) is 0 Å². The zero-order valence-electron chi connectivity index (χ0n) is 12.7. The first kappa shape index (κ1) is 15.0. The summed E-state index contributed by atoms with van der Waals surface area (Å²) in [7, 11) is 2.86. The number of hydrogen-bond donors (Lipinski definition) is 0. The van der Waals surface area contributed by atoms with Crippen molar-refractivity contribution in [3.05, 3.63) is 53.3 Å². The van der Waals surface area contributed by atoms with Crippen molar-refractivity contribution >= 4 is 11.8 Å². The molecule has 0 spiro atoms. The minimum atomic E-state index is -0.492. The largest absolute Gasteiger partial charge is 0.497 e. The number of ether oxygens (including phenoxy) is 3. The number of rotatable bonds is 3. The molecule has 118 valence electrons. The highest BCUT2D eigenvalue weighted by atomic mass is 16.5. The Balaban J connectivity index is 1.87. The molecular weight excluding hydrogens is 298 g/mol. The molecule has 0 aliphatic carbocycles. The summed E-state index contributed by atoms with van der Waals surface area (Å²) in [5.41, 5.74) is 1.47. The van der Waals surface area contributed by atoms with Crippen LogP contribution in [0.4, 0.5) is 0 Å². The smallest absolute Gasteiger partial charge is 0.339 e. The molecule has 1 unspecified atom stereocenters. The molecule has 0 saturated heterocycles. The lowest BCUT2D eigenvalue weighted by molar-refractivity contribution is 0.0599. The van der Waals surface area contributed by atoms with Gasteiger partial charge in [-0.15, -0.1) is 0 Å². The number of ketones is 1. The second kappa shape index (κ2) is 6.08. The summed E-state index contributed by atoms with van der Waals surface area (Å²) < 4.78 is 15.7. The molecule has 3 rings (SSSR count). The van der Waals surface area contributed by atoms with Gasteiger partial charge in [0.15, 0.2) is 5.78 Å². The van der Waals surface area contributed by atoms with Crippen LogP contribution in [0.1, 0.15) is 38.9 Å². The molecule has 1 aliphatic heterocycles. The normalized spacial score (nSPS) is 16.3. The molecule has 1 aromatic carbocycles. The zero-order chi connectivity index (χ0) is 16.4. The van der Waals surface area contributed by atoms with Crippen LogP contribution in [0.25, 0.3) is 0 Å². The van der Waals surface area contributed by atoms with E-state index in [-0.39, 0.29) is 12.2 Å².